The maximum Gasteiger partial charge on any atom is 0.307 e. The van der Waals surface area contributed by atoms with Crippen LogP contribution >= 0.6 is 0 Å². The van der Waals surface area contributed by atoms with Crippen LogP contribution in [0.5, 0.6) is 0 Å². The SMILES string of the molecule is CCC(C(=O)O)C1(c2ccccc2)C=CCCC1. The number of carboxylic acid groups (broad SMARTS) is 1. The van der Waals surface area contributed by atoms with Gasteiger partial charge in [-0.15, -0.1) is 0 Å². The molecule has 0 aromatic heterocycles. The summed E-state index contributed by atoms with van der Waals surface area (Å²) in [5.41, 5.74) is 0.815. The van der Waals surface area contributed by atoms with Gasteiger partial charge in [-0.25, -0.2) is 0 Å². The van der Waals surface area contributed by atoms with Crippen LogP contribution in [0.1, 0.15) is 38.2 Å². The van der Waals surface area contributed by atoms with Crippen molar-refractivity contribution in [3.8, 4) is 0 Å². The quantitative estimate of drug-likeness (QED) is 0.818. The van der Waals surface area contributed by atoms with E-state index in [0.29, 0.717) is 6.42 Å². The molecular formula is C16H20O2. The Hall–Kier alpha value is -1.57. The molecule has 18 heavy (non-hydrogen) atoms. The topological polar surface area (TPSA) is 37.3 Å². The Labute approximate surface area is 108 Å². The molecular weight excluding hydrogens is 224 g/mol. The van der Waals surface area contributed by atoms with E-state index in [0.717, 1.165) is 24.8 Å². The van der Waals surface area contributed by atoms with Gasteiger partial charge in [-0.2, -0.15) is 0 Å². The van der Waals surface area contributed by atoms with Crippen molar-refractivity contribution in [1.82, 2.24) is 0 Å². The van der Waals surface area contributed by atoms with Crippen LogP contribution in [0.25, 0.3) is 0 Å². The highest BCUT2D eigenvalue weighted by molar-refractivity contribution is 5.73. The van der Waals surface area contributed by atoms with Gasteiger partial charge >= 0.3 is 5.97 Å². The normalized spacial score (nSPS) is 24.7. The lowest BCUT2D eigenvalue weighted by Crippen LogP contribution is -2.39. The van der Waals surface area contributed by atoms with Crippen molar-refractivity contribution >= 4 is 5.97 Å². The number of rotatable bonds is 4. The van der Waals surface area contributed by atoms with Gasteiger partial charge in [-0.1, -0.05) is 49.4 Å². The summed E-state index contributed by atoms with van der Waals surface area (Å²) in [5.74, 6) is -1.02. The minimum atomic E-state index is -0.687. The van der Waals surface area contributed by atoms with Gasteiger partial charge < -0.3 is 5.11 Å². The number of hydrogen-bond donors (Lipinski definition) is 1. The van der Waals surface area contributed by atoms with Crippen LogP contribution in [0, 0.1) is 5.92 Å². The molecule has 0 spiro atoms. The van der Waals surface area contributed by atoms with Crippen LogP contribution in [0.2, 0.25) is 0 Å². The predicted molar refractivity (Wildman–Crippen MR) is 72.5 cm³/mol. The molecule has 0 saturated carbocycles. The molecule has 1 aliphatic carbocycles. The highest BCUT2D eigenvalue weighted by Crippen LogP contribution is 2.43. The van der Waals surface area contributed by atoms with Crippen molar-refractivity contribution in [1.29, 1.82) is 0 Å². The molecule has 0 fully saturated rings. The second-order valence-electron chi connectivity index (χ2n) is 5.00. The van der Waals surface area contributed by atoms with E-state index in [1.54, 1.807) is 0 Å². The van der Waals surface area contributed by atoms with Gasteiger partial charge in [-0.3, -0.25) is 4.79 Å². The number of benzene rings is 1. The molecule has 0 heterocycles. The Morgan fingerprint density at radius 3 is 2.61 bits per heavy atom. The molecule has 2 nitrogen and oxygen atoms in total. The minimum absolute atomic E-state index is 0.319. The maximum atomic E-state index is 11.6. The lowest BCUT2D eigenvalue weighted by Gasteiger charge is -2.38. The molecule has 2 rings (SSSR count). The fraction of sp³-hybridized carbons (Fsp3) is 0.438. The second kappa shape index (κ2) is 5.38. The smallest absolute Gasteiger partial charge is 0.307 e. The van der Waals surface area contributed by atoms with Crippen molar-refractivity contribution < 1.29 is 9.90 Å². The van der Waals surface area contributed by atoms with Gasteiger partial charge in [0.2, 0.25) is 0 Å². The Balaban J connectivity index is 2.50. The average Bonchev–Trinajstić information content (AvgIpc) is 2.41. The highest BCUT2D eigenvalue weighted by Gasteiger charge is 2.41. The average molecular weight is 244 g/mol. The van der Waals surface area contributed by atoms with E-state index in [2.05, 4.69) is 24.3 Å². The molecule has 2 heteroatoms. The van der Waals surface area contributed by atoms with Gasteiger partial charge in [0.1, 0.15) is 0 Å². The van der Waals surface area contributed by atoms with Crippen LogP contribution in [0.4, 0.5) is 0 Å². The van der Waals surface area contributed by atoms with Crippen molar-refractivity contribution in [3.05, 3.63) is 48.0 Å². The lowest BCUT2D eigenvalue weighted by atomic mass is 9.64. The van der Waals surface area contributed by atoms with Gasteiger partial charge in [0.15, 0.2) is 0 Å². The van der Waals surface area contributed by atoms with Crippen LogP contribution < -0.4 is 0 Å². The molecule has 1 aromatic carbocycles. The summed E-state index contributed by atoms with van der Waals surface area (Å²) in [4.78, 5) is 11.6. The van der Waals surface area contributed by atoms with Crippen LogP contribution in [-0.4, -0.2) is 11.1 Å². The third-order valence-electron chi connectivity index (χ3n) is 4.02. The molecule has 1 aromatic rings. The van der Waals surface area contributed by atoms with Gasteiger partial charge in [-0.05, 0) is 31.2 Å². The summed E-state index contributed by atoms with van der Waals surface area (Å²) >= 11 is 0. The Morgan fingerprint density at radius 1 is 1.39 bits per heavy atom. The first-order valence-electron chi connectivity index (χ1n) is 6.66. The zero-order chi connectivity index (χ0) is 13.0. The molecule has 0 radical (unpaired) electrons. The van der Waals surface area contributed by atoms with Gasteiger partial charge in [0, 0.05) is 5.41 Å². The summed E-state index contributed by atoms with van der Waals surface area (Å²) < 4.78 is 0. The van der Waals surface area contributed by atoms with Gasteiger partial charge in [0.05, 0.1) is 5.92 Å². The summed E-state index contributed by atoms with van der Waals surface area (Å²) in [6.07, 6.45) is 7.99. The summed E-state index contributed by atoms with van der Waals surface area (Å²) in [7, 11) is 0. The van der Waals surface area contributed by atoms with Crippen molar-refractivity contribution in [2.75, 3.05) is 0 Å². The molecule has 0 bridgehead atoms. The molecule has 0 saturated heterocycles. The maximum absolute atomic E-state index is 11.6. The molecule has 96 valence electrons. The molecule has 0 aliphatic heterocycles. The Morgan fingerprint density at radius 2 is 2.11 bits per heavy atom. The monoisotopic (exact) mass is 244 g/mol. The van der Waals surface area contributed by atoms with E-state index in [1.807, 2.05) is 25.1 Å². The largest absolute Gasteiger partial charge is 0.481 e. The van der Waals surface area contributed by atoms with E-state index in [1.165, 1.54) is 0 Å². The third-order valence-corrected chi connectivity index (χ3v) is 4.02. The van der Waals surface area contributed by atoms with E-state index in [9.17, 15) is 9.90 Å². The zero-order valence-electron chi connectivity index (χ0n) is 10.8. The van der Waals surface area contributed by atoms with Crippen molar-refractivity contribution in [2.45, 2.75) is 38.0 Å². The van der Waals surface area contributed by atoms with E-state index in [4.69, 9.17) is 0 Å². The fourth-order valence-corrected chi connectivity index (χ4v) is 3.13. The van der Waals surface area contributed by atoms with Crippen LogP contribution in [0.3, 0.4) is 0 Å². The first kappa shape index (κ1) is 12.9. The number of carboxylic acids is 1. The number of allylic oxidation sites excluding steroid dienone is 2. The lowest BCUT2D eigenvalue weighted by molar-refractivity contribution is -0.144. The van der Waals surface area contributed by atoms with Crippen molar-refractivity contribution in [3.63, 3.8) is 0 Å². The first-order valence-corrected chi connectivity index (χ1v) is 6.66. The number of aliphatic carboxylic acids is 1. The standard InChI is InChI=1S/C16H20O2/c1-2-14(15(17)18)16(11-7-4-8-12-16)13-9-5-3-6-10-13/h3,5-7,9-11,14H,2,4,8,12H2,1H3,(H,17,18). The fourth-order valence-electron chi connectivity index (χ4n) is 3.13. The Kier molecular flexibility index (Phi) is 3.85. The minimum Gasteiger partial charge on any atom is -0.481 e. The first-order chi connectivity index (χ1) is 8.70. The predicted octanol–water partition coefficient (Wildman–Crippen LogP) is 3.78. The third kappa shape index (κ3) is 2.20. The summed E-state index contributed by atoms with van der Waals surface area (Å²) in [6.45, 7) is 1.96. The highest BCUT2D eigenvalue weighted by atomic mass is 16.4. The van der Waals surface area contributed by atoms with E-state index in [-0.39, 0.29) is 11.3 Å². The zero-order valence-corrected chi connectivity index (χ0v) is 10.8. The molecule has 1 aliphatic rings. The Bertz CT molecular complexity index is 436. The molecule has 2 unspecified atom stereocenters. The summed E-state index contributed by atoms with van der Waals surface area (Å²) in [6, 6.07) is 10.1. The van der Waals surface area contributed by atoms with Gasteiger partial charge in [0.25, 0.3) is 0 Å². The second-order valence-corrected chi connectivity index (χ2v) is 5.00. The van der Waals surface area contributed by atoms with E-state index < -0.39 is 5.97 Å². The number of hydrogen-bond acceptors (Lipinski definition) is 1. The van der Waals surface area contributed by atoms with Crippen LogP contribution in [0.15, 0.2) is 42.5 Å². The molecule has 1 N–H and O–H groups in total. The number of carbonyl (C=O) groups is 1. The van der Waals surface area contributed by atoms with Crippen LogP contribution in [-0.2, 0) is 10.2 Å². The molecule has 0 amide bonds. The van der Waals surface area contributed by atoms with Crippen molar-refractivity contribution in [2.24, 2.45) is 5.92 Å². The molecule has 2 atom stereocenters. The summed E-state index contributed by atoms with van der Waals surface area (Å²) in [5, 5.41) is 9.52. The van der Waals surface area contributed by atoms with E-state index >= 15 is 0 Å².